The zero-order valence-electron chi connectivity index (χ0n) is 16.3. The molecule has 2 rings (SSSR count). The van der Waals surface area contributed by atoms with E-state index < -0.39 is 36.9 Å². The number of alkyl halides is 9. The first-order chi connectivity index (χ1) is 14.2. The van der Waals surface area contributed by atoms with E-state index in [9.17, 15) is 39.5 Å². The molecule has 2 aromatic carbocycles. The van der Waals surface area contributed by atoms with E-state index >= 15 is 0 Å². The van der Waals surface area contributed by atoms with Gasteiger partial charge in [0, 0.05) is 13.0 Å². The molecule has 0 aliphatic rings. The van der Waals surface area contributed by atoms with Gasteiger partial charge in [0.25, 0.3) is 0 Å². The topological polar surface area (TPSA) is 12.0 Å². The number of hydrogen-bond acceptors (Lipinski definition) is 1. The van der Waals surface area contributed by atoms with Gasteiger partial charge in [-0.3, -0.25) is 0 Å². The maximum atomic E-state index is 13.4. The minimum Gasteiger partial charge on any atom is -0.316 e. The maximum absolute atomic E-state index is 13.4. The predicted molar refractivity (Wildman–Crippen MR) is 98.7 cm³/mol. The van der Waals surface area contributed by atoms with Gasteiger partial charge in [0.1, 0.15) is 0 Å². The Hall–Kier alpha value is -2.23. The summed E-state index contributed by atoms with van der Waals surface area (Å²) in [7, 11) is 0. The highest BCUT2D eigenvalue weighted by atomic mass is 19.4. The molecule has 31 heavy (non-hydrogen) atoms. The van der Waals surface area contributed by atoms with Crippen molar-refractivity contribution in [3.63, 3.8) is 0 Å². The van der Waals surface area contributed by atoms with Gasteiger partial charge in [0.2, 0.25) is 0 Å². The van der Waals surface area contributed by atoms with Crippen molar-refractivity contribution >= 4 is 0 Å². The molecular weight excluding hydrogens is 437 g/mol. The highest BCUT2D eigenvalue weighted by Crippen LogP contribution is 2.53. The molecule has 0 heterocycles. The van der Waals surface area contributed by atoms with Crippen LogP contribution in [0.3, 0.4) is 0 Å². The maximum Gasteiger partial charge on any atom is 0.460 e. The summed E-state index contributed by atoms with van der Waals surface area (Å²) in [5.41, 5.74) is 3.85. The molecule has 0 saturated carbocycles. The second-order valence-corrected chi connectivity index (χ2v) is 7.16. The number of rotatable bonds is 9. The molecule has 172 valence electrons. The molecule has 0 aliphatic heterocycles. The molecule has 1 N–H and O–H groups in total. The molecule has 2 aromatic rings. The van der Waals surface area contributed by atoms with Crippen LogP contribution in [-0.2, 0) is 6.42 Å². The molecule has 0 radical (unpaired) electrons. The van der Waals surface area contributed by atoms with Crippen molar-refractivity contribution in [2.45, 2.75) is 43.7 Å². The summed E-state index contributed by atoms with van der Waals surface area (Å²) in [6.07, 6.45) is -8.36. The van der Waals surface area contributed by atoms with Crippen LogP contribution in [-0.4, -0.2) is 37.0 Å². The fourth-order valence-corrected chi connectivity index (χ4v) is 2.78. The summed E-state index contributed by atoms with van der Waals surface area (Å²) in [4.78, 5) is 0. The van der Waals surface area contributed by atoms with Gasteiger partial charge >= 0.3 is 23.9 Å². The molecule has 0 unspecified atom stereocenters. The zero-order chi connectivity index (χ0) is 23.5. The number of halogens is 9. The zero-order valence-corrected chi connectivity index (χ0v) is 16.3. The molecule has 1 nitrogen and oxygen atoms in total. The molecule has 0 aliphatic carbocycles. The monoisotopic (exact) mass is 457 g/mol. The van der Waals surface area contributed by atoms with E-state index in [1.165, 1.54) is 0 Å². The summed E-state index contributed by atoms with van der Waals surface area (Å²) in [5, 5.41) is 2.37. The third-order valence-corrected chi connectivity index (χ3v) is 4.75. The van der Waals surface area contributed by atoms with Gasteiger partial charge < -0.3 is 5.32 Å². The first-order valence-electron chi connectivity index (χ1n) is 9.26. The van der Waals surface area contributed by atoms with E-state index in [1.807, 2.05) is 43.3 Å². The fourth-order valence-electron chi connectivity index (χ4n) is 2.78. The summed E-state index contributed by atoms with van der Waals surface area (Å²) in [5.74, 6) is -19.0. The van der Waals surface area contributed by atoms with Crippen molar-refractivity contribution in [1.29, 1.82) is 0 Å². The van der Waals surface area contributed by atoms with Crippen LogP contribution in [0.25, 0.3) is 11.1 Å². The van der Waals surface area contributed by atoms with Gasteiger partial charge in [-0.1, -0.05) is 54.1 Å². The van der Waals surface area contributed by atoms with Crippen LogP contribution >= 0.6 is 0 Å². The van der Waals surface area contributed by atoms with Gasteiger partial charge in [-0.2, -0.15) is 39.5 Å². The lowest BCUT2D eigenvalue weighted by Gasteiger charge is -2.33. The predicted octanol–water partition coefficient (Wildman–Crippen LogP) is 6.65. The molecule has 0 amide bonds. The SMILES string of the molecule is Cc1ccc(-c2ccc(CCNCCC(F)(F)C(F)(F)C(F)(F)C(F)(F)F)cc2)cc1. The summed E-state index contributed by atoms with van der Waals surface area (Å²) in [6.45, 7) is 1.14. The Morgan fingerprint density at radius 2 is 1.13 bits per heavy atom. The first kappa shape index (κ1) is 25.0. The summed E-state index contributed by atoms with van der Waals surface area (Å²) < 4.78 is 115. The van der Waals surface area contributed by atoms with Gasteiger partial charge in [0.15, 0.2) is 0 Å². The quantitative estimate of drug-likeness (QED) is 0.328. The Labute approximate surface area is 173 Å². The Balaban J connectivity index is 1.85. The van der Waals surface area contributed by atoms with E-state index in [2.05, 4.69) is 5.32 Å². The van der Waals surface area contributed by atoms with Crippen LogP contribution < -0.4 is 5.32 Å². The van der Waals surface area contributed by atoms with E-state index in [0.29, 0.717) is 6.42 Å². The van der Waals surface area contributed by atoms with Crippen LogP contribution in [0.2, 0.25) is 0 Å². The lowest BCUT2D eigenvalue weighted by Crippen LogP contribution is -2.61. The van der Waals surface area contributed by atoms with Gasteiger partial charge in [-0.15, -0.1) is 0 Å². The number of nitrogens with one attached hydrogen (secondary N) is 1. The fraction of sp³-hybridized carbons (Fsp3) is 0.429. The second-order valence-electron chi connectivity index (χ2n) is 7.16. The molecule has 0 bridgehead atoms. The van der Waals surface area contributed by atoms with Gasteiger partial charge in [0.05, 0.1) is 0 Å². The Morgan fingerprint density at radius 3 is 1.61 bits per heavy atom. The van der Waals surface area contributed by atoms with Crippen molar-refractivity contribution in [2.75, 3.05) is 13.1 Å². The summed E-state index contributed by atoms with van der Waals surface area (Å²) >= 11 is 0. The van der Waals surface area contributed by atoms with Crippen LogP contribution in [0.4, 0.5) is 39.5 Å². The van der Waals surface area contributed by atoms with Gasteiger partial charge in [-0.05, 0) is 36.6 Å². The number of hydrogen-bond donors (Lipinski definition) is 1. The van der Waals surface area contributed by atoms with E-state index in [-0.39, 0.29) is 6.54 Å². The third-order valence-electron chi connectivity index (χ3n) is 4.75. The molecular formula is C21H20F9N. The number of benzene rings is 2. The van der Waals surface area contributed by atoms with Crippen LogP contribution in [0, 0.1) is 6.92 Å². The lowest BCUT2D eigenvalue weighted by atomic mass is 10.0. The van der Waals surface area contributed by atoms with Crippen molar-refractivity contribution in [2.24, 2.45) is 0 Å². The highest BCUT2D eigenvalue weighted by Gasteiger charge is 2.81. The van der Waals surface area contributed by atoms with Crippen LogP contribution in [0.15, 0.2) is 48.5 Å². The largest absolute Gasteiger partial charge is 0.460 e. The van der Waals surface area contributed by atoms with Crippen LogP contribution in [0.1, 0.15) is 17.5 Å². The molecule has 0 spiro atoms. The Morgan fingerprint density at radius 1 is 0.645 bits per heavy atom. The van der Waals surface area contributed by atoms with Gasteiger partial charge in [-0.25, -0.2) is 0 Å². The molecule has 0 atom stereocenters. The minimum absolute atomic E-state index is 0.0429. The molecule has 0 fully saturated rings. The molecule has 0 aromatic heterocycles. The second kappa shape index (κ2) is 9.10. The molecule has 0 saturated heterocycles. The average Bonchev–Trinajstić information content (AvgIpc) is 2.67. The van der Waals surface area contributed by atoms with E-state index in [1.54, 1.807) is 12.1 Å². The van der Waals surface area contributed by atoms with Crippen LogP contribution in [0.5, 0.6) is 0 Å². The Bertz CT molecular complexity index is 841. The lowest BCUT2D eigenvalue weighted by molar-refractivity contribution is -0.396. The van der Waals surface area contributed by atoms with Crippen molar-refractivity contribution in [1.82, 2.24) is 5.32 Å². The summed E-state index contributed by atoms with van der Waals surface area (Å²) in [6, 6.07) is 15.1. The van der Waals surface area contributed by atoms with Crippen molar-refractivity contribution in [3.05, 3.63) is 59.7 Å². The van der Waals surface area contributed by atoms with E-state index in [4.69, 9.17) is 0 Å². The third kappa shape index (κ3) is 5.53. The van der Waals surface area contributed by atoms with Crippen molar-refractivity contribution in [3.8, 4) is 11.1 Å². The van der Waals surface area contributed by atoms with E-state index in [0.717, 1.165) is 22.3 Å². The van der Waals surface area contributed by atoms with Crippen molar-refractivity contribution < 1.29 is 39.5 Å². The Kier molecular flexibility index (Phi) is 7.35. The average molecular weight is 457 g/mol. The standard InChI is InChI=1S/C21H20F9N/c1-14-2-6-16(7-3-14)17-8-4-15(5-9-17)10-12-31-13-11-18(22,23)19(24,25)20(26,27)21(28,29)30/h2-9,31H,10-13H2,1H3. The number of aryl methyl sites for hydroxylation is 1. The minimum atomic E-state index is -6.84. The normalized spacial score (nSPS) is 13.5. The highest BCUT2D eigenvalue weighted by molar-refractivity contribution is 5.63. The smallest absolute Gasteiger partial charge is 0.316 e. The molecule has 10 heteroatoms. The first-order valence-corrected chi connectivity index (χ1v) is 9.26.